The van der Waals surface area contributed by atoms with Crippen LogP contribution in [0.25, 0.3) is 0 Å². The van der Waals surface area contributed by atoms with Crippen LogP contribution in [-0.4, -0.2) is 18.8 Å². The lowest BCUT2D eigenvalue weighted by Crippen LogP contribution is -2.28. The Labute approximate surface area is 82.4 Å². The van der Waals surface area contributed by atoms with Gasteiger partial charge in [0, 0.05) is 0 Å². The number of rotatable bonds is 1. The number of alkyl halides is 1. The summed E-state index contributed by atoms with van der Waals surface area (Å²) in [5.41, 5.74) is 1.12. The second-order valence-electron chi connectivity index (χ2n) is 3.00. The molecule has 0 aliphatic carbocycles. The molecule has 0 radical (unpaired) electrons. The Hall–Kier alpha value is -0.570. The van der Waals surface area contributed by atoms with E-state index in [-0.39, 0.29) is 11.5 Å². The zero-order valence-electron chi connectivity index (χ0n) is 7.15. The first-order valence-electron chi connectivity index (χ1n) is 4.26. The summed E-state index contributed by atoms with van der Waals surface area (Å²) in [7, 11) is 0. The maximum absolute atomic E-state index is 6.07. The van der Waals surface area contributed by atoms with Gasteiger partial charge in [0.25, 0.3) is 0 Å². The second kappa shape index (κ2) is 4.09. The first-order valence-corrected chi connectivity index (χ1v) is 4.70. The summed E-state index contributed by atoms with van der Waals surface area (Å²) in [6.07, 6.45) is -0.0309. The molecule has 1 fully saturated rings. The summed E-state index contributed by atoms with van der Waals surface area (Å²) in [5, 5.41) is -0.0869. The average molecular weight is 199 g/mol. The van der Waals surface area contributed by atoms with Gasteiger partial charge in [0.1, 0.15) is 12.9 Å². The van der Waals surface area contributed by atoms with Crippen molar-refractivity contribution in [1.29, 1.82) is 0 Å². The van der Waals surface area contributed by atoms with Crippen LogP contribution in [0.4, 0.5) is 0 Å². The van der Waals surface area contributed by atoms with Gasteiger partial charge in [0.2, 0.25) is 0 Å². The molecule has 0 bridgehead atoms. The Morgan fingerprint density at radius 3 is 2.69 bits per heavy atom. The molecule has 3 heteroatoms. The summed E-state index contributed by atoms with van der Waals surface area (Å²) in [6, 6.07) is 9.98. The highest BCUT2D eigenvalue weighted by Gasteiger charge is 2.25. The third kappa shape index (κ3) is 2.02. The molecule has 13 heavy (non-hydrogen) atoms. The van der Waals surface area contributed by atoms with E-state index in [1.54, 1.807) is 0 Å². The van der Waals surface area contributed by atoms with Crippen LogP contribution in [0.15, 0.2) is 30.3 Å². The normalized spacial score (nSPS) is 28.7. The Morgan fingerprint density at radius 1 is 1.23 bits per heavy atom. The van der Waals surface area contributed by atoms with Gasteiger partial charge in [-0.15, -0.1) is 11.6 Å². The molecular weight excluding hydrogens is 188 g/mol. The van der Waals surface area contributed by atoms with Crippen LogP contribution in [0.5, 0.6) is 0 Å². The highest BCUT2D eigenvalue weighted by molar-refractivity contribution is 6.21. The van der Waals surface area contributed by atoms with E-state index in [1.165, 1.54) is 0 Å². The molecule has 2 atom stereocenters. The monoisotopic (exact) mass is 198 g/mol. The smallest absolute Gasteiger partial charge is 0.147 e. The van der Waals surface area contributed by atoms with Gasteiger partial charge in [-0.3, -0.25) is 0 Å². The molecule has 1 aliphatic heterocycles. The predicted octanol–water partition coefficient (Wildman–Crippen LogP) is 2.34. The zero-order valence-corrected chi connectivity index (χ0v) is 7.91. The van der Waals surface area contributed by atoms with Gasteiger partial charge in [0.05, 0.1) is 12.0 Å². The minimum Gasteiger partial charge on any atom is -0.354 e. The first kappa shape index (κ1) is 9.00. The Bertz CT molecular complexity index is 263. The van der Waals surface area contributed by atoms with Crippen LogP contribution in [0.3, 0.4) is 0 Å². The molecule has 0 spiro atoms. The van der Waals surface area contributed by atoms with Crippen LogP contribution in [0.2, 0.25) is 0 Å². The molecular formula is C10H11ClO2. The number of ether oxygens (including phenoxy) is 2. The molecule has 1 heterocycles. The van der Waals surface area contributed by atoms with Crippen LogP contribution < -0.4 is 0 Å². The van der Waals surface area contributed by atoms with E-state index in [1.807, 2.05) is 30.3 Å². The lowest BCUT2D eigenvalue weighted by molar-refractivity contribution is -0.138. The molecule has 70 valence electrons. The summed E-state index contributed by atoms with van der Waals surface area (Å²) < 4.78 is 10.5. The highest BCUT2D eigenvalue weighted by Crippen LogP contribution is 2.28. The van der Waals surface area contributed by atoms with Gasteiger partial charge in [-0.25, -0.2) is 0 Å². The maximum Gasteiger partial charge on any atom is 0.147 e. The Balaban J connectivity index is 2.15. The fourth-order valence-electron chi connectivity index (χ4n) is 1.42. The maximum atomic E-state index is 6.07. The molecule has 1 aromatic rings. The van der Waals surface area contributed by atoms with Crippen molar-refractivity contribution < 1.29 is 9.47 Å². The minimum absolute atomic E-state index is 0.0309. The quantitative estimate of drug-likeness (QED) is 0.645. The van der Waals surface area contributed by atoms with E-state index < -0.39 is 0 Å². The van der Waals surface area contributed by atoms with Gasteiger partial charge in [-0.05, 0) is 5.56 Å². The number of halogens is 1. The third-order valence-electron chi connectivity index (χ3n) is 2.06. The van der Waals surface area contributed by atoms with Crippen molar-refractivity contribution in [2.45, 2.75) is 11.5 Å². The lowest BCUT2D eigenvalue weighted by Gasteiger charge is -2.27. The van der Waals surface area contributed by atoms with E-state index in [4.69, 9.17) is 21.1 Å². The molecule has 1 aliphatic rings. The van der Waals surface area contributed by atoms with Gasteiger partial charge in [-0.1, -0.05) is 30.3 Å². The molecule has 1 saturated heterocycles. The van der Waals surface area contributed by atoms with Crippen molar-refractivity contribution in [3.05, 3.63) is 35.9 Å². The van der Waals surface area contributed by atoms with Crippen LogP contribution >= 0.6 is 11.6 Å². The summed E-state index contributed by atoms with van der Waals surface area (Å²) in [5.74, 6) is 0. The molecule has 0 amide bonds. The van der Waals surface area contributed by atoms with Crippen molar-refractivity contribution in [3.63, 3.8) is 0 Å². The van der Waals surface area contributed by atoms with Crippen LogP contribution in [-0.2, 0) is 9.47 Å². The van der Waals surface area contributed by atoms with E-state index in [9.17, 15) is 0 Å². The van der Waals surface area contributed by atoms with Gasteiger partial charge in [-0.2, -0.15) is 0 Å². The average Bonchev–Trinajstić information content (AvgIpc) is 2.20. The fourth-order valence-corrected chi connectivity index (χ4v) is 1.73. The number of hydrogen-bond donors (Lipinski definition) is 0. The predicted molar refractivity (Wildman–Crippen MR) is 50.7 cm³/mol. The van der Waals surface area contributed by atoms with Crippen LogP contribution in [0.1, 0.15) is 11.7 Å². The van der Waals surface area contributed by atoms with Crippen molar-refractivity contribution in [1.82, 2.24) is 0 Å². The lowest BCUT2D eigenvalue weighted by atomic mass is 10.1. The fraction of sp³-hybridized carbons (Fsp3) is 0.400. The van der Waals surface area contributed by atoms with Crippen molar-refractivity contribution in [2.24, 2.45) is 0 Å². The van der Waals surface area contributed by atoms with Crippen molar-refractivity contribution >= 4 is 11.6 Å². The topological polar surface area (TPSA) is 18.5 Å². The van der Waals surface area contributed by atoms with Gasteiger partial charge < -0.3 is 9.47 Å². The molecule has 2 rings (SSSR count). The first-order chi connectivity index (χ1) is 6.38. The SMILES string of the molecule is Cl[C@H]1COCO[C@H]1c1ccccc1. The molecule has 0 saturated carbocycles. The van der Waals surface area contributed by atoms with Crippen molar-refractivity contribution in [3.8, 4) is 0 Å². The summed E-state index contributed by atoms with van der Waals surface area (Å²) >= 11 is 6.07. The molecule has 1 aromatic carbocycles. The van der Waals surface area contributed by atoms with E-state index in [0.717, 1.165) is 5.56 Å². The van der Waals surface area contributed by atoms with Crippen LogP contribution in [0, 0.1) is 0 Å². The second-order valence-corrected chi connectivity index (χ2v) is 3.56. The summed E-state index contributed by atoms with van der Waals surface area (Å²) in [4.78, 5) is 0. The molecule has 0 unspecified atom stereocenters. The zero-order chi connectivity index (χ0) is 9.10. The standard InChI is InChI=1S/C10H11ClO2/c11-9-6-12-7-13-10(9)8-4-2-1-3-5-8/h1-5,9-10H,6-7H2/t9-,10-/m0/s1. The highest BCUT2D eigenvalue weighted by atomic mass is 35.5. The van der Waals surface area contributed by atoms with E-state index >= 15 is 0 Å². The van der Waals surface area contributed by atoms with E-state index in [2.05, 4.69) is 0 Å². The van der Waals surface area contributed by atoms with Gasteiger partial charge in [0.15, 0.2) is 0 Å². The minimum atomic E-state index is -0.0869. The molecule has 0 aromatic heterocycles. The largest absolute Gasteiger partial charge is 0.354 e. The Morgan fingerprint density at radius 2 is 2.00 bits per heavy atom. The summed E-state index contributed by atoms with van der Waals surface area (Å²) in [6.45, 7) is 0.893. The Kier molecular flexibility index (Phi) is 2.83. The number of benzene rings is 1. The van der Waals surface area contributed by atoms with Crippen molar-refractivity contribution in [2.75, 3.05) is 13.4 Å². The molecule has 0 N–H and O–H groups in total. The third-order valence-corrected chi connectivity index (χ3v) is 2.42. The number of hydrogen-bond acceptors (Lipinski definition) is 2. The van der Waals surface area contributed by atoms with Gasteiger partial charge >= 0.3 is 0 Å². The molecule has 2 nitrogen and oxygen atoms in total. The van der Waals surface area contributed by atoms with E-state index in [0.29, 0.717) is 13.4 Å².